The van der Waals surface area contributed by atoms with Gasteiger partial charge < -0.3 is 9.80 Å². The van der Waals surface area contributed by atoms with Crippen LogP contribution in [0.3, 0.4) is 0 Å². The van der Waals surface area contributed by atoms with Crippen LogP contribution in [0.5, 0.6) is 0 Å². The van der Waals surface area contributed by atoms with Gasteiger partial charge in [0, 0.05) is 32.1 Å². The number of fused-ring (bicyclic) bond motifs is 1. The number of rotatable bonds is 5. The average Bonchev–Trinajstić information content (AvgIpc) is 2.76. The first-order valence-electron chi connectivity index (χ1n) is 11.6. The molecule has 1 N–H and O–H groups in total. The van der Waals surface area contributed by atoms with Gasteiger partial charge in [-0.3, -0.25) is 9.52 Å². The predicted molar refractivity (Wildman–Crippen MR) is 143 cm³/mol. The molecule has 0 aromatic heterocycles. The lowest BCUT2D eigenvalue weighted by Crippen LogP contribution is -2.43. The van der Waals surface area contributed by atoms with Crippen LogP contribution in [0.25, 0.3) is 0 Å². The molecule has 0 spiro atoms. The largest absolute Gasteiger partial charge is 0.345 e. The van der Waals surface area contributed by atoms with Crippen molar-refractivity contribution in [1.82, 2.24) is 9.80 Å². The van der Waals surface area contributed by atoms with Crippen molar-refractivity contribution in [2.45, 2.75) is 45.1 Å². The van der Waals surface area contributed by atoms with Gasteiger partial charge in [0.1, 0.15) is 0 Å². The van der Waals surface area contributed by atoms with Gasteiger partial charge in [0.25, 0.3) is 15.9 Å². The maximum Gasteiger partial charge on any atom is 0.262 e. The van der Waals surface area contributed by atoms with E-state index in [2.05, 4.69) is 9.62 Å². The maximum atomic E-state index is 13.4. The molecule has 2 heterocycles. The molecule has 2 aromatic rings. The van der Waals surface area contributed by atoms with Gasteiger partial charge in [-0.25, -0.2) is 13.4 Å². The molecule has 2 aliphatic rings. The van der Waals surface area contributed by atoms with Crippen LogP contribution < -0.4 is 4.72 Å². The van der Waals surface area contributed by atoms with E-state index < -0.39 is 10.0 Å². The highest BCUT2D eigenvalue weighted by Gasteiger charge is 2.37. The summed E-state index contributed by atoms with van der Waals surface area (Å²) < 4.78 is 29.5. The first kappa shape index (κ1) is 25.3. The van der Waals surface area contributed by atoms with E-state index in [4.69, 9.17) is 4.99 Å². The van der Waals surface area contributed by atoms with Crippen LogP contribution in [-0.2, 0) is 14.8 Å². The number of carbonyl (C=O) groups is 1. The van der Waals surface area contributed by atoms with Gasteiger partial charge in [-0.05, 0) is 62.9 Å². The Balaban J connectivity index is 1.76. The molecule has 1 atom stereocenters. The van der Waals surface area contributed by atoms with Crippen molar-refractivity contribution < 1.29 is 13.2 Å². The number of hydrogen-bond acceptors (Lipinski definition) is 6. The number of anilines is 1. The van der Waals surface area contributed by atoms with Crippen molar-refractivity contribution in [3.8, 4) is 0 Å². The molecule has 0 aliphatic carbocycles. The molecule has 186 valence electrons. The summed E-state index contributed by atoms with van der Waals surface area (Å²) in [7, 11) is -0.321. The number of benzene rings is 2. The average molecular weight is 513 g/mol. The van der Waals surface area contributed by atoms with Crippen LogP contribution in [0.15, 0.2) is 57.6 Å². The Hall–Kier alpha value is -2.78. The Bertz CT molecular complexity index is 1320. The quantitative estimate of drug-likeness (QED) is 0.632. The number of amides is 1. The Kier molecular flexibility index (Phi) is 7.02. The third-order valence-electron chi connectivity index (χ3n) is 6.22. The molecular formula is C26H32N4O3S2. The highest BCUT2D eigenvalue weighted by molar-refractivity contribution is 8.13. The third-order valence-corrected chi connectivity index (χ3v) is 8.99. The lowest BCUT2D eigenvalue weighted by molar-refractivity contribution is -0.125. The molecule has 4 rings (SSSR count). The molecule has 0 saturated carbocycles. The smallest absolute Gasteiger partial charge is 0.262 e. The molecule has 2 aromatic carbocycles. The number of hydrogen-bond donors (Lipinski definition) is 1. The van der Waals surface area contributed by atoms with Gasteiger partial charge in [-0.15, -0.1) is 0 Å². The van der Waals surface area contributed by atoms with Crippen molar-refractivity contribution in [2.24, 2.45) is 4.99 Å². The Labute approximate surface area is 212 Å². The van der Waals surface area contributed by atoms with E-state index in [-0.39, 0.29) is 11.9 Å². The second-order valence-electron chi connectivity index (χ2n) is 9.35. The Morgan fingerprint density at radius 3 is 2.46 bits per heavy atom. The molecule has 2 aliphatic heterocycles. The number of nitrogens with one attached hydrogen (secondary N) is 1. The zero-order chi connectivity index (χ0) is 25.5. The van der Waals surface area contributed by atoms with Crippen LogP contribution in [0, 0.1) is 20.8 Å². The fourth-order valence-corrected chi connectivity index (χ4v) is 7.42. The van der Waals surface area contributed by atoms with Crippen LogP contribution in [0.4, 0.5) is 5.69 Å². The molecule has 35 heavy (non-hydrogen) atoms. The molecule has 9 heteroatoms. The minimum atomic E-state index is -3.79. The zero-order valence-electron chi connectivity index (χ0n) is 21.0. The lowest BCUT2D eigenvalue weighted by Gasteiger charge is -2.41. The Morgan fingerprint density at radius 1 is 1.11 bits per heavy atom. The minimum absolute atomic E-state index is 0.0947. The second kappa shape index (κ2) is 9.70. The number of thioether (sulfide) groups is 1. The molecular weight excluding hydrogens is 480 g/mol. The van der Waals surface area contributed by atoms with E-state index in [0.29, 0.717) is 33.0 Å². The van der Waals surface area contributed by atoms with Crippen LogP contribution in [-0.4, -0.2) is 55.7 Å². The molecule has 1 amide bonds. The first-order chi connectivity index (χ1) is 16.5. The number of likely N-dealkylation sites (N-methyl/N-ethyl adjacent to an activating group) is 1. The molecule has 1 saturated heterocycles. The van der Waals surface area contributed by atoms with Crippen molar-refractivity contribution in [1.29, 1.82) is 0 Å². The standard InChI is InChI=1S/C26H32N4O3S2/c1-16-13-17(2)24(18(3)14-16)35(32,33)28-21-10-7-9-20(15-21)23-22(25(31)29(5)6)19(4)27-26-30(23)11-8-12-34-26/h7,9-10,13-15,23,28H,8,11-12H2,1-6H3. The van der Waals surface area contributed by atoms with E-state index in [1.165, 1.54) is 0 Å². The van der Waals surface area contributed by atoms with Gasteiger partial charge >= 0.3 is 0 Å². The second-order valence-corrected chi connectivity index (χ2v) is 12.0. The fraction of sp³-hybridized carbons (Fsp3) is 0.385. The summed E-state index contributed by atoms with van der Waals surface area (Å²) >= 11 is 1.69. The van der Waals surface area contributed by atoms with Gasteiger partial charge in [0.15, 0.2) is 5.17 Å². The summed E-state index contributed by atoms with van der Waals surface area (Å²) in [6.07, 6.45) is 0.987. The number of allylic oxidation sites excluding steroid dienone is 1. The molecule has 7 nitrogen and oxygen atoms in total. The SMILES string of the molecule is CC1=C(C(=O)N(C)C)C(c2cccc(NS(=O)(=O)c3c(C)cc(C)cc3C)c2)N2CCCSC2=N1. The third kappa shape index (κ3) is 4.97. The number of sulfonamides is 1. The van der Waals surface area contributed by atoms with Crippen molar-refractivity contribution in [3.05, 3.63) is 69.9 Å². The van der Waals surface area contributed by atoms with Gasteiger partial charge in [0.05, 0.1) is 22.2 Å². The first-order valence-corrected chi connectivity index (χ1v) is 14.1. The van der Waals surface area contributed by atoms with E-state index in [1.54, 1.807) is 36.8 Å². The van der Waals surface area contributed by atoms with Crippen LogP contribution >= 0.6 is 11.8 Å². The highest BCUT2D eigenvalue weighted by Crippen LogP contribution is 2.40. The van der Waals surface area contributed by atoms with E-state index in [1.807, 2.05) is 58.0 Å². The number of aryl methyl sites for hydroxylation is 3. The summed E-state index contributed by atoms with van der Waals surface area (Å²) in [6, 6.07) is 10.8. The highest BCUT2D eigenvalue weighted by atomic mass is 32.2. The number of nitrogens with zero attached hydrogens (tertiary/aromatic N) is 3. The summed E-state index contributed by atoms with van der Waals surface area (Å²) in [5.74, 6) is 0.893. The van der Waals surface area contributed by atoms with Crippen molar-refractivity contribution >= 4 is 38.5 Å². The molecule has 0 bridgehead atoms. The summed E-state index contributed by atoms with van der Waals surface area (Å²) in [6.45, 7) is 8.24. The topological polar surface area (TPSA) is 82.1 Å². The fourth-order valence-electron chi connectivity index (χ4n) is 4.90. The number of carbonyl (C=O) groups excluding carboxylic acids is 1. The molecule has 1 unspecified atom stereocenters. The lowest BCUT2D eigenvalue weighted by atomic mass is 9.93. The maximum absolute atomic E-state index is 13.4. The Morgan fingerprint density at radius 2 is 1.80 bits per heavy atom. The van der Waals surface area contributed by atoms with Crippen LogP contribution in [0.1, 0.15) is 41.6 Å². The van der Waals surface area contributed by atoms with E-state index in [0.717, 1.165) is 35.0 Å². The van der Waals surface area contributed by atoms with Crippen LogP contribution in [0.2, 0.25) is 0 Å². The van der Waals surface area contributed by atoms with E-state index in [9.17, 15) is 13.2 Å². The van der Waals surface area contributed by atoms with Gasteiger partial charge in [-0.2, -0.15) is 0 Å². The number of aliphatic imine (C=N–C) groups is 1. The van der Waals surface area contributed by atoms with E-state index >= 15 is 0 Å². The van der Waals surface area contributed by atoms with Gasteiger partial charge in [0.2, 0.25) is 0 Å². The van der Waals surface area contributed by atoms with Crippen molar-refractivity contribution in [2.75, 3.05) is 31.1 Å². The van der Waals surface area contributed by atoms with Crippen molar-refractivity contribution in [3.63, 3.8) is 0 Å². The monoisotopic (exact) mass is 512 g/mol. The summed E-state index contributed by atoms with van der Waals surface area (Å²) in [4.78, 5) is 22.0. The minimum Gasteiger partial charge on any atom is -0.345 e. The zero-order valence-corrected chi connectivity index (χ0v) is 22.7. The number of amidine groups is 1. The summed E-state index contributed by atoms with van der Waals surface area (Å²) in [5, 5.41) is 0.908. The van der Waals surface area contributed by atoms with Gasteiger partial charge in [-0.1, -0.05) is 41.6 Å². The normalized spacial score (nSPS) is 18.2. The predicted octanol–water partition coefficient (Wildman–Crippen LogP) is 4.62. The molecule has 1 fully saturated rings. The summed E-state index contributed by atoms with van der Waals surface area (Å²) in [5.41, 5.74) is 5.07. The molecule has 0 radical (unpaired) electrons.